The first kappa shape index (κ1) is 19.9. The lowest BCUT2D eigenvalue weighted by Crippen LogP contribution is -2.47. The fraction of sp³-hybridized carbons (Fsp3) is 0.348. The Morgan fingerprint density at radius 1 is 0.933 bits per heavy atom. The molecule has 2 saturated heterocycles. The monoisotopic (exact) mass is 406 g/mol. The molecule has 2 aliphatic heterocycles. The molecule has 0 atom stereocenters. The second kappa shape index (κ2) is 8.98. The van der Waals surface area contributed by atoms with Crippen molar-refractivity contribution in [2.75, 3.05) is 36.0 Å². The molecule has 0 saturated carbocycles. The molecule has 0 unspecified atom stereocenters. The SMILES string of the molecule is O=C1CN(c2ccc(CNC(=O)c3ccc(N4CCCCC4=O)cc3)cc2)CCN1. The molecule has 2 fully saturated rings. The Kier molecular flexibility index (Phi) is 5.97. The number of benzene rings is 2. The molecule has 7 nitrogen and oxygen atoms in total. The van der Waals surface area contributed by atoms with Gasteiger partial charge in [-0.1, -0.05) is 12.1 Å². The smallest absolute Gasteiger partial charge is 0.251 e. The van der Waals surface area contributed by atoms with Gasteiger partial charge in [-0.15, -0.1) is 0 Å². The minimum atomic E-state index is -0.150. The van der Waals surface area contributed by atoms with Crippen LogP contribution in [0.3, 0.4) is 0 Å². The lowest BCUT2D eigenvalue weighted by Gasteiger charge is -2.28. The maximum absolute atomic E-state index is 12.5. The molecule has 3 amide bonds. The standard InChI is InChI=1S/C23H26N4O3/c28-21-16-26(14-12-24-21)19-8-4-17(5-9-19)15-25-23(30)18-6-10-20(11-7-18)27-13-2-1-3-22(27)29/h4-11H,1-3,12-16H2,(H,24,28)(H,25,30). The summed E-state index contributed by atoms with van der Waals surface area (Å²) in [5.74, 6) is 0.0311. The summed E-state index contributed by atoms with van der Waals surface area (Å²) >= 11 is 0. The van der Waals surface area contributed by atoms with Crippen molar-refractivity contribution in [3.63, 3.8) is 0 Å². The van der Waals surface area contributed by atoms with Gasteiger partial charge in [0, 0.05) is 49.5 Å². The first-order chi connectivity index (χ1) is 14.6. The zero-order valence-corrected chi connectivity index (χ0v) is 16.9. The van der Waals surface area contributed by atoms with Crippen molar-refractivity contribution in [1.29, 1.82) is 0 Å². The van der Waals surface area contributed by atoms with Crippen molar-refractivity contribution in [3.8, 4) is 0 Å². The van der Waals surface area contributed by atoms with Crippen LogP contribution >= 0.6 is 0 Å². The van der Waals surface area contributed by atoms with Gasteiger partial charge < -0.3 is 20.4 Å². The lowest BCUT2D eigenvalue weighted by molar-refractivity contribution is -0.120. The number of carbonyl (C=O) groups excluding carboxylic acids is 3. The number of piperazine rings is 1. The molecule has 4 rings (SSSR count). The summed E-state index contributed by atoms with van der Waals surface area (Å²) in [6.45, 7) is 2.98. The summed E-state index contributed by atoms with van der Waals surface area (Å²) in [6, 6.07) is 15.1. The zero-order chi connectivity index (χ0) is 20.9. The first-order valence-corrected chi connectivity index (χ1v) is 10.4. The number of hydrogen-bond donors (Lipinski definition) is 2. The number of carbonyl (C=O) groups is 3. The Morgan fingerprint density at radius 3 is 2.37 bits per heavy atom. The van der Waals surface area contributed by atoms with Gasteiger partial charge in [0.25, 0.3) is 5.91 Å². The topological polar surface area (TPSA) is 81.8 Å². The molecule has 156 valence electrons. The Morgan fingerprint density at radius 2 is 1.67 bits per heavy atom. The molecule has 2 heterocycles. The fourth-order valence-corrected chi connectivity index (χ4v) is 3.84. The summed E-state index contributed by atoms with van der Waals surface area (Å²) in [5.41, 5.74) is 3.41. The molecular weight excluding hydrogens is 380 g/mol. The second-order valence-electron chi connectivity index (χ2n) is 7.67. The van der Waals surface area contributed by atoms with Crippen LogP contribution in [0.15, 0.2) is 48.5 Å². The summed E-state index contributed by atoms with van der Waals surface area (Å²) in [4.78, 5) is 39.9. The Bertz CT molecular complexity index is 924. The van der Waals surface area contributed by atoms with Gasteiger partial charge in [0.05, 0.1) is 6.54 Å². The molecule has 0 aromatic heterocycles. The van der Waals surface area contributed by atoms with E-state index in [2.05, 4.69) is 10.6 Å². The van der Waals surface area contributed by atoms with E-state index in [1.54, 1.807) is 17.0 Å². The van der Waals surface area contributed by atoms with E-state index in [-0.39, 0.29) is 17.7 Å². The number of nitrogens with zero attached hydrogens (tertiary/aromatic N) is 2. The van der Waals surface area contributed by atoms with Gasteiger partial charge in [0.2, 0.25) is 11.8 Å². The highest BCUT2D eigenvalue weighted by molar-refractivity contribution is 5.97. The molecule has 0 aliphatic carbocycles. The molecule has 0 radical (unpaired) electrons. The predicted molar refractivity (Wildman–Crippen MR) is 115 cm³/mol. The maximum Gasteiger partial charge on any atom is 0.251 e. The average Bonchev–Trinajstić information content (AvgIpc) is 2.78. The van der Waals surface area contributed by atoms with Gasteiger partial charge in [0.1, 0.15) is 0 Å². The lowest BCUT2D eigenvalue weighted by atomic mass is 10.1. The third-order valence-corrected chi connectivity index (χ3v) is 5.56. The molecule has 2 aromatic rings. The van der Waals surface area contributed by atoms with E-state index in [0.29, 0.717) is 31.6 Å². The quantitative estimate of drug-likeness (QED) is 0.797. The minimum absolute atomic E-state index is 0.0354. The van der Waals surface area contributed by atoms with Crippen LogP contribution in [0.1, 0.15) is 35.2 Å². The van der Waals surface area contributed by atoms with Crippen molar-refractivity contribution >= 4 is 29.1 Å². The molecule has 2 N–H and O–H groups in total. The van der Waals surface area contributed by atoms with E-state index in [9.17, 15) is 14.4 Å². The third kappa shape index (κ3) is 4.62. The van der Waals surface area contributed by atoms with Gasteiger partial charge in [-0.2, -0.15) is 0 Å². The maximum atomic E-state index is 12.5. The zero-order valence-electron chi connectivity index (χ0n) is 16.9. The molecule has 2 aromatic carbocycles. The van der Waals surface area contributed by atoms with Crippen molar-refractivity contribution in [2.24, 2.45) is 0 Å². The molecular formula is C23H26N4O3. The predicted octanol–water partition coefficient (Wildman–Crippen LogP) is 2.07. The van der Waals surface area contributed by atoms with Gasteiger partial charge >= 0.3 is 0 Å². The summed E-state index contributed by atoms with van der Waals surface area (Å²) < 4.78 is 0. The fourth-order valence-electron chi connectivity index (χ4n) is 3.84. The summed E-state index contributed by atoms with van der Waals surface area (Å²) in [7, 11) is 0. The molecule has 2 aliphatic rings. The van der Waals surface area contributed by atoms with Crippen molar-refractivity contribution in [2.45, 2.75) is 25.8 Å². The van der Waals surface area contributed by atoms with E-state index in [1.807, 2.05) is 41.3 Å². The average molecular weight is 406 g/mol. The van der Waals surface area contributed by atoms with Crippen LogP contribution < -0.4 is 20.4 Å². The number of rotatable bonds is 5. The minimum Gasteiger partial charge on any atom is -0.360 e. The second-order valence-corrected chi connectivity index (χ2v) is 7.67. The van der Waals surface area contributed by atoms with E-state index in [4.69, 9.17) is 0 Å². The highest BCUT2D eigenvalue weighted by atomic mass is 16.2. The van der Waals surface area contributed by atoms with Gasteiger partial charge in [-0.3, -0.25) is 14.4 Å². The van der Waals surface area contributed by atoms with Crippen molar-refractivity contribution < 1.29 is 14.4 Å². The van der Waals surface area contributed by atoms with Crippen molar-refractivity contribution in [1.82, 2.24) is 10.6 Å². The number of nitrogens with one attached hydrogen (secondary N) is 2. The summed E-state index contributed by atoms with van der Waals surface area (Å²) in [5, 5.41) is 5.75. The molecule has 7 heteroatoms. The van der Waals surface area contributed by atoms with E-state index in [1.165, 1.54) is 0 Å². The van der Waals surface area contributed by atoms with Crippen molar-refractivity contribution in [3.05, 3.63) is 59.7 Å². The van der Waals surface area contributed by atoms with Crippen LogP contribution in [0.5, 0.6) is 0 Å². The molecule has 30 heavy (non-hydrogen) atoms. The van der Waals surface area contributed by atoms with E-state index in [0.717, 1.165) is 42.9 Å². The van der Waals surface area contributed by atoms with Gasteiger partial charge in [-0.05, 0) is 54.8 Å². The summed E-state index contributed by atoms with van der Waals surface area (Å²) in [6.07, 6.45) is 2.55. The van der Waals surface area contributed by atoms with Gasteiger partial charge in [0.15, 0.2) is 0 Å². The first-order valence-electron chi connectivity index (χ1n) is 10.4. The molecule has 0 spiro atoms. The van der Waals surface area contributed by atoms with E-state index >= 15 is 0 Å². The Balaban J connectivity index is 1.32. The highest BCUT2D eigenvalue weighted by Gasteiger charge is 2.20. The third-order valence-electron chi connectivity index (χ3n) is 5.56. The Hall–Kier alpha value is -3.35. The number of hydrogen-bond acceptors (Lipinski definition) is 4. The van der Waals surface area contributed by atoms with Crippen LogP contribution in [-0.2, 0) is 16.1 Å². The number of piperidine rings is 1. The van der Waals surface area contributed by atoms with Gasteiger partial charge in [-0.25, -0.2) is 0 Å². The van der Waals surface area contributed by atoms with Crippen LogP contribution in [0, 0.1) is 0 Å². The van der Waals surface area contributed by atoms with E-state index < -0.39 is 0 Å². The Labute approximate surface area is 176 Å². The van der Waals surface area contributed by atoms with Crippen LogP contribution in [0.4, 0.5) is 11.4 Å². The van der Waals surface area contributed by atoms with Crippen LogP contribution in [0.2, 0.25) is 0 Å². The largest absolute Gasteiger partial charge is 0.360 e. The molecule has 0 bridgehead atoms. The van der Waals surface area contributed by atoms with Crippen LogP contribution in [0.25, 0.3) is 0 Å². The highest BCUT2D eigenvalue weighted by Crippen LogP contribution is 2.21. The van der Waals surface area contributed by atoms with Crippen LogP contribution in [-0.4, -0.2) is 43.9 Å². The normalized spacial score (nSPS) is 16.9. The number of amides is 3. The number of anilines is 2.